The van der Waals surface area contributed by atoms with Crippen LogP contribution in [0.4, 0.5) is 42.1 Å². The maximum absolute atomic E-state index is 13.6. The van der Waals surface area contributed by atoms with Crippen molar-refractivity contribution in [3.8, 4) is 11.5 Å². The third-order valence-electron chi connectivity index (χ3n) is 5.38. The van der Waals surface area contributed by atoms with Gasteiger partial charge in [-0.3, -0.25) is 0 Å². The second-order valence-corrected chi connectivity index (χ2v) is 7.76. The summed E-state index contributed by atoms with van der Waals surface area (Å²) in [5.74, 6) is 0.147. The Morgan fingerprint density at radius 1 is 0.833 bits per heavy atom. The minimum absolute atomic E-state index is 0.0279. The van der Waals surface area contributed by atoms with Crippen LogP contribution in [0.3, 0.4) is 0 Å². The lowest BCUT2D eigenvalue weighted by Gasteiger charge is -2.30. The van der Waals surface area contributed by atoms with Crippen LogP contribution in [0.1, 0.15) is 12.1 Å². The fourth-order valence-electron chi connectivity index (χ4n) is 3.69. The van der Waals surface area contributed by atoms with Gasteiger partial charge in [-0.05, 0) is 36.4 Å². The SMILES string of the molecule is Fc1ccc(-c2nccc(Nc3ccnc(Nc4ccccc4N4CCOCC4)n3)n2)nc1C(F)F. The summed E-state index contributed by atoms with van der Waals surface area (Å²) in [6.07, 6.45) is -0.0175. The molecule has 36 heavy (non-hydrogen) atoms. The molecule has 4 aromatic rings. The minimum Gasteiger partial charge on any atom is -0.378 e. The van der Waals surface area contributed by atoms with E-state index in [1.54, 1.807) is 18.3 Å². The lowest BCUT2D eigenvalue weighted by molar-refractivity contribution is 0.123. The number of aromatic nitrogens is 5. The number of rotatable bonds is 7. The van der Waals surface area contributed by atoms with E-state index in [-0.39, 0.29) is 11.5 Å². The second-order valence-electron chi connectivity index (χ2n) is 7.76. The summed E-state index contributed by atoms with van der Waals surface area (Å²) >= 11 is 0. The number of alkyl halides is 2. The molecule has 0 amide bonds. The number of hydrogen-bond donors (Lipinski definition) is 2. The first kappa shape index (κ1) is 23.4. The first-order valence-electron chi connectivity index (χ1n) is 11.1. The van der Waals surface area contributed by atoms with Crippen LogP contribution < -0.4 is 15.5 Å². The molecule has 9 nitrogen and oxygen atoms in total. The van der Waals surface area contributed by atoms with Gasteiger partial charge in [0.05, 0.1) is 24.6 Å². The van der Waals surface area contributed by atoms with Crippen molar-refractivity contribution >= 4 is 29.0 Å². The lowest BCUT2D eigenvalue weighted by Crippen LogP contribution is -2.36. The Morgan fingerprint density at radius 2 is 1.58 bits per heavy atom. The zero-order chi connectivity index (χ0) is 24.9. The van der Waals surface area contributed by atoms with Gasteiger partial charge in [0.2, 0.25) is 5.95 Å². The van der Waals surface area contributed by atoms with E-state index in [1.165, 1.54) is 12.3 Å². The molecular formula is C24H21F3N8O. The summed E-state index contributed by atoms with van der Waals surface area (Å²) in [7, 11) is 0. The summed E-state index contributed by atoms with van der Waals surface area (Å²) in [5, 5.41) is 6.31. The molecule has 1 aromatic carbocycles. The molecule has 1 aliphatic heterocycles. The summed E-state index contributed by atoms with van der Waals surface area (Å²) in [6.45, 7) is 2.92. The number of morpholine rings is 1. The highest BCUT2D eigenvalue weighted by Crippen LogP contribution is 2.29. The van der Waals surface area contributed by atoms with Gasteiger partial charge in [-0.1, -0.05) is 12.1 Å². The van der Waals surface area contributed by atoms with E-state index in [0.717, 1.165) is 30.5 Å². The largest absolute Gasteiger partial charge is 0.378 e. The standard InChI is InChI=1S/C24H21F3N8O/c25-15-5-6-17(30-21(15)22(26)27)23-28-9-7-19(33-23)32-20-8-10-29-24(34-20)31-16-3-1-2-4-18(16)35-11-13-36-14-12-35/h1-10,22H,11-14H2,(H2,28,29,31,32,33,34). The Kier molecular flexibility index (Phi) is 6.85. The molecule has 184 valence electrons. The van der Waals surface area contributed by atoms with Gasteiger partial charge in [-0.2, -0.15) is 4.98 Å². The number of anilines is 5. The van der Waals surface area contributed by atoms with Crippen molar-refractivity contribution in [2.24, 2.45) is 0 Å². The molecule has 0 unspecified atom stereocenters. The molecule has 0 atom stereocenters. The van der Waals surface area contributed by atoms with Crippen molar-refractivity contribution in [2.75, 3.05) is 41.8 Å². The van der Waals surface area contributed by atoms with Crippen LogP contribution in [-0.4, -0.2) is 51.2 Å². The smallest absolute Gasteiger partial charge is 0.283 e. The number of nitrogens with one attached hydrogen (secondary N) is 2. The number of hydrogen-bond acceptors (Lipinski definition) is 9. The Labute approximate surface area is 204 Å². The molecule has 12 heteroatoms. The summed E-state index contributed by atoms with van der Waals surface area (Å²) in [6, 6.07) is 13.3. The van der Waals surface area contributed by atoms with Gasteiger partial charge < -0.3 is 20.3 Å². The van der Waals surface area contributed by atoms with E-state index in [1.807, 2.05) is 24.3 Å². The van der Waals surface area contributed by atoms with Crippen LogP contribution >= 0.6 is 0 Å². The van der Waals surface area contributed by atoms with Crippen molar-refractivity contribution in [2.45, 2.75) is 6.43 Å². The van der Waals surface area contributed by atoms with Crippen LogP contribution in [0.15, 0.2) is 60.9 Å². The fourth-order valence-corrected chi connectivity index (χ4v) is 3.69. The number of nitrogens with zero attached hydrogens (tertiary/aromatic N) is 6. The van der Waals surface area contributed by atoms with Gasteiger partial charge in [0.25, 0.3) is 6.43 Å². The molecule has 0 aliphatic carbocycles. The molecule has 5 rings (SSSR count). The Morgan fingerprint density at radius 3 is 2.39 bits per heavy atom. The Balaban J connectivity index is 1.35. The molecule has 1 fully saturated rings. The average Bonchev–Trinajstić information content (AvgIpc) is 2.90. The average molecular weight is 494 g/mol. The van der Waals surface area contributed by atoms with Crippen LogP contribution in [-0.2, 0) is 4.74 Å². The van der Waals surface area contributed by atoms with E-state index in [4.69, 9.17) is 4.74 Å². The molecule has 0 bridgehead atoms. The van der Waals surface area contributed by atoms with Crippen LogP contribution in [0.2, 0.25) is 0 Å². The van der Waals surface area contributed by atoms with Crippen molar-refractivity contribution in [3.63, 3.8) is 0 Å². The fraction of sp³-hybridized carbons (Fsp3) is 0.208. The number of halogens is 3. The van der Waals surface area contributed by atoms with Gasteiger partial charge in [0.1, 0.15) is 23.0 Å². The second kappa shape index (κ2) is 10.5. The number of para-hydroxylation sites is 2. The van der Waals surface area contributed by atoms with Gasteiger partial charge >= 0.3 is 0 Å². The summed E-state index contributed by atoms with van der Waals surface area (Å²) in [4.78, 5) is 23.1. The maximum atomic E-state index is 13.6. The third-order valence-corrected chi connectivity index (χ3v) is 5.38. The molecule has 2 N–H and O–H groups in total. The highest BCUT2D eigenvalue weighted by molar-refractivity contribution is 5.74. The molecule has 0 saturated carbocycles. The van der Waals surface area contributed by atoms with Gasteiger partial charge in [-0.25, -0.2) is 33.1 Å². The van der Waals surface area contributed by atoms with Crippen molar-refractivity contribution in [1.82, 2.24) is 24.9 Å². The highest BCUT2D eigenvalue weighted by Gasteiger charge is 2.18. The molecule has 0 radical (unpaired) electrons. The predicted molar refractivity (Wildman–Crippen MR) is 128 cm³/mol. The van der Waals surface area contributed by atoms with E-state index < -0.39 is 17.9 Å². The quantitative estimate of drug-likeness (QED) is 0.378. The monoisotopic (exact) mass is 494 g/mol. The zero-order valence-corrected chi connectivity index (χ0v) is 18.9. The number of benzene rings is 1. The predicted octanol–water partition coefficient (Wildman–Crippen LogP) is 4.73. The molecule has 0 spiro atoms. The topological polar surface area (TPSA) is 101 Å². The summed E-state index contributed by atoms with van der Waals surface area (Å²) in [5.41, 5.74) is 0.967. The van der Waals surface area contributed by atoms with Crippen LogP contribution in [0.25, 0.3) is 11.5 Å². The third kappa shape index (κ3) is 5.33. The number of pyridine rings is 1. The molecule has 1 aliphatic rings. The van der Waals surface area contributed by atoms with Crippen LogP contribution in [0, 0.1) is 5.82 Å². The van der Waals surface area contributed by atoms with Crippen LogP contribution in [0.5, 0.6) is 0 Å². The maximum Gasteiger partial charge on any atom is 0.283 e. The van der Waals surface area contributed by atoms with E-state index >= 15 is 0 Å². The van der Waals surface area contributed by atoms with E-state index in [9.17, 15) is 13.2 Å². The normalized spacial score (nSPS) is 13.6. The van der Waals surface area contributed by atoms with Crippen molar-refractivity contribution in [3.05, 3.63) is 72.4 Å². The molecular weight excluding hydrogens is 473 g/mol. The number of ether oxygens (including phenoxy) is 1. The first-order valence-corrected chi connectivity index (χ1v) is 11.1. The van der Waals surface area contributed by atoms with Gasteiger partial charge in [-0.15, -0.1) is 0 Å². The Bertz CT molecular complexity index is 1350. The van der Waals surface area contributed by atoms with Gasteiger partial charge in [0, 0.05) is 25.5 Å². The van der Waals surface area contributed by atoms with Crippen molar-refractivity contribution < 1.29 is 17.9 Å². The first-order chi connectivity index (χ1) is 17.6. The molecule has 3 aromatic heterocycles. The highest BCUT2D eigenvalue weighted by atomic mass is 19.3. The Hall–Kier alpha value is -4.32. The molecule has 4 heterocycles. The minimum atomic E-state index is -3.05. The lowest BCUT2D eigenvalue weighted by atomic mass is 10.2. The zero-order valence-electron chi connectivity index (χ0n) is 18.9. The summed E-state index contributed by atoms with van der Waals surface area (Å²) < 4.78 is 45.1. The molecule has 1 saturated heterocycles. The van der Waals surface area contributed by atoms with E-state index in [0.29, 0.717) is 30.8 Å². The van der Waals surface area contributed by atoms with E-state index in [2.05, 4.69) is 40.5 Å². The van der Waals surface area contributed by atoms with Crippen molar-refractivity contribution in [1.29, 1.82) is 0 Å². The van der Waals surface area contributed by atoms with Gasteiger partial charge in [0.15, 0.2) is 11.6 Å².